The summed E-state index contributed by atoms with van der Waals surface area (Å²) in [6, 6.07) is 5.96. The summed E-state index contributed by atoms with van der Waals surface area (Å²) < 4.78 is 5.58. The molecule has 0 saturated carbocycles. The summed E-state index contributed by atoms with van der Waals surface area (Å²) >= 11 is 0. The first-order valence-electron chi connectivity index (χ1n) is 7.17. The van der Waals surface area contributed by atoms with Crippen molar-refractivity contribution < 1.29 is 9.84 Å². The van der Waals surface area contributed by atoms with Crippen molar-refractivity contribution in [2.75, 3.05) is 24.7 Å². The third-order valence-electron chi connectivity index (χ3n) is 4.24. The van der Waals surface area contributed by atoms with Gasteiger partial charge in [0.2, 0.25) is 0 Å². The third kappa shape index (κ3) is 2.49. The van der Waals surface area contributed by atoms with E-state index < -0.39 is 0 Å². The van der Waals surface area contributed by atoms with Crippen molar-refractivity contribution in [2.24, 2.45) is 5.92 Å². The van der Waals surface area contributed by atoms with E-state index in [-0.39, 0.29) is 12.1 Å². The minimum absolute atomic E-state index is 0.215. The Balaban J connectivity index is 1.88. The molecule has 1 N–H and O–H groups in total. The van der Waals surface area contributed by atoms with Crippen molar-refractivity contribution in [2.45, 2.75) is 31.4 Å². The largest absolute Gasteiger partial charge is 0.391 e. The van der Waals surface area contributed by atoms with Gasteiger partial charge in [0.25, 0.3) is 0 Å². The van der Waals surface area contributed by atoms with Crippen molar-refractivity contribution in [3.05, 3.63) is 23.9 Å². The van der Waals surface area contributed by atoms with Crippen molar-refractivity contribution in [1.82, 2.24) is 4.98 Å². The van der Waals surface area contributed by atoms with Gasteiger partial charge in [0.15, 0.2) is 0 Å². The topological polar surface area (TPSA) is 69.4 Å². The van der Waals surface area contributed by atoms with Gasteiger partial charge < -0.3 is 14.7 Å². The van der Waals surface area contributed by atoms with E-state index in [1.807, 2.05) is 0 Å². The van der Waals surface area contributed by atoms with Crippen LogP contribution < -0.4 is 4.90 Å². The van der Waals surface area contributed by atoms with Crippen LogP contribution in [0.4, 0.5) is 5.82 Å². The maximum atomic E-state index is 10.0. The van der Waals surface area contributed by atoms with Gasteiger partial charge in [0.05, 0.1) is 18.3 Å². The number of aliphatic hydroxyl groups is 1. The molecule has 3 heterocycles. The van der Waals surface area contributed by atoms with E-state index >= 15 is 0 Å². The van der Waals surface area contributed by atoms with Gasteiger partial charge in [-0.25, -0.2) is 4.98 Å². The lowest BCUT2D eigenvalue weighted by Crippen LogP contribution is -2.40. The highest BCUT2D eigenvalue weighted by molar-refractivity contribution is 5.55. The average molecular weight is 273 g/mol. The smallest absolute Gasteiger partial charge is 0.146 e. The van der Waals surface area contributed by atoms with Gasteiger partial charge in [-0.05, 0) is 31.4 Å². The highest BCUT2D eigenvalue weighted by atomic mass is 16.5. The molecule has 0 aromatic carbocycles. The molecule has 5 heteroatoms. The number of hydrogen-bond acceptors (Lipinski definition) is 5. The highest BCUT2D eigenvalue weighted by Gasteiger charge is 2.38. The fourth-order valence-corrected chi connectivity index (χ4v) is 3.32. The summed E-state index contributed by atoms with van der Waals surface area (Å²) in [5, 5.41) is 19.3. The quantitative estimate of drug-likeness (QED) is 0.880. The highest BCUT2D eigenvalue weighted by Crippen LogP contribution is 2.33. The van der Waals surface area contributed by atoms with E-state index in [2.05, 4.69) is 16.0 Å². The van der Waals surface area contributed by atoms with Crippen LogP contribution in [0.15, 0.2) is 18.3 Å². The molecule has 0 spiro atoms. The second-order valence-corrected chi connectivity index (χ2v) is 5.57. The molecule has 1 aromatic rings. The zero-order chi connectivity index (χ0) is 13.9. The van der Waals surface area contributed by atoms with E-state index in [0.29, 0.717) is 23.8 Å². The predicted octanol–water partition coefficient (Wildman–Crippen LogP) is 1.32. The van der Waals surface area contributed by atoms with Crippen LogP contribution in [0.25, 0.3) is 0 Å². The minimum atomic E-state index is -0.351. The third-order valence-corrected chi connectivity index (χ3v) is 4.24. The number of nitrogens with zero attached hydrogens (tertiary/aromatic N) is 3. The molecule has 1 aromatic heterocycles. The van der Waals surface area contributed by atoms with Crippen LogP contribution >= 0.6 is 0 Å². The number of rotatable bonds is 2. The van der Waals surface area contributed by atoms with Crippen LogP contribution in [0.3, 0.4) is 0 Å². The van der Waals surface area contributed by atoms with Crippen LogP contribution in [-0.2, 0) is 4.74 Å². The molecular weight excluding hydrogens is 254 g/mol. The fourth-order valence-electron chi connectivity index (χ4n) is 3.32. The molecule has 3 unspecified atom stereocenters. The zero-order valence-electron chi connectivity index (χ0n) is 11.4. The Morgan fingerprint density at radius 2 is 2.40 bits per heavy atom. The molecule has 3 atom stereocenters. The van der Waals surface area contributed by atoms with Crippen LogP contribution in [0.2, 0.25) is 0 Å². The average Bonchev–Trinajstić information content (AvgIpc) is 2.90. The normalized spacial score (nSPS) is 30.2. The summed E-state index contributed by atoms with van der Waals surface area (Å²) in [6.07, 6.45) is 4.27. The Kier molecular flexibility index (Phi) is 3.86. The maximum absolute atomic E-state index is 10.0. The number of aliphatic hydroxyl groups excluding tert-OH is 1. The second kappa shape index (κ2) is 5.78. The van der Waals surface area contributed by atoms with Crippen molar-refractivity contribution in [1.29, 1.82) is 5.26 Å². The zero-order valence-corrected chi connectivity index (χ0v) is 11.4. The molecule has 2 saturated heterocycles. The number of ether oxygens (including phenoxy) is 1. The summed E-state index contributed by atoms with van der Waals surface area (Å²) in [5.74, 6) is 1.11. The summed E-state index contributed by atoms with van der Waals surface area (Å²) in [5.41, 5.74) is 0.573. The second-order valence-electron chi connectivity index (χ2n) is 5.57. The van der Waals surface area contributed by atoms with Gasteiger partial charge in [-0.15, -0.1) is 0 Å². The van der Waals surface area contributed by atoms with Crippen LogP contribution in [0.1, 0.15) is 24.8 Å². The van der Waals surface area contributed by atoms with E-state index in [9.17, 15) is 10.4 Å². The van der Waals surface area contributed by atoms with Crippen molar-refractivity contribution >= 4 is 5.82 Å². The maximum Gasteiger partial charge on any atom is 0.146 e. The summed E-state index contributed by atoms with van der Waals surface area (Å²) in [7, 11) is 0. The minimum Gasteiger partial charge on any atom is -0.391 e. The molecule has 0 radical (unpaired) electrons. The molecule has 2 aliphatic rings. The van der Waals surface area contributed by atoms with Gasteiger partial charge in [0, 0.05) is 31.3 Å². The first-order chi connectivity index (χ1) is 9.79. The number of β-amino-alcohol motifs (C(OH)–C–C–N with tert-alkyl or cyclic N) is 1. The first kappa shape index (κ1) is 13.3. The Labute approximate surface area is 118 Å². The van der Waals surface area contributed by atoms with E-state index in [1.54, 1.807) is 18.3 Å². The van der Waals surface area contributed by atoms with Crippen LogP contribution in [-0.4, -0.2) is 42.0 Å². The Morgan fingerprint density at radius 3 is 3.15 bits per heavy atom. The molecule has 3 rings (SSSR count). The molecular formula is C15H19N3O2. The van der Waals surface area contributed by atoms with E-state index in [0.717, 1.165) is 32.5 Å². The van der Waals surface area contributed by atoms with Crippen molar-refractivity contribution in [3.8, 4) is 6.07 Å². The number of nitriles is 1. The Bertz CT molecular complexity index is 508. The Morgan fingerprint density at radius 1 is 1.50 bits per heavy atom. The van der Waals surface area contributed by atoms with Gasteiger partial charge in [-0.1, -0.05) is 0 Å². The SMILES string of the molecule is N#Cc1cccnc1N1CC(O)CC1C1CCCOC1. The molecule has 0 amide bonds. The molecule has 2 fully saturated rings. The van der Waals surface area contributed by atoms with Gasteiger partial charge >= 0.3 is 0 Å². The number of aromatic nitrogens is 1. The van der Waals surface area contributed by atoms with Gasteiger partial charge in [-0.3, -0.25) is 0 Å². The number of pyridine rings is 1. The molecule has 106 valence electrons. The molecule has 0 bridgehead atoms. The predicted molar refractivity (Wildman–Crippen MR) is 74.3 cm³/mol. The lowest BCUT2D eigenvalue weighted by molar-refractivity contribution is 0.0432. The number of hydrogen-bond donors (Lipinski definition) is 1. The van der Waals surface area contributed by atoms with Crippen LogP contribution in [0.5, 0.6) is 0 Å². The van der Waals surface area contributed by atoms with Crippen molar-refractivity contribution in [3.63, 3.8) is 0 Å². The summed E-state index contributed by atoms with van der Waals surface area (Å²) in [4.78, 5) is 6.46. The molecule has 5 nitrogen and oxygen atoms in total. The molecule has 2 aliphatic heterocycles. The summed E-state index contributed by atoms with van der Waals surface area (Å²) in [6.45, 7) is 2.12. The standard InChI is InChI=1S/C15H19N3O2/c16-8-11-3-1-5-17-15(11)18-9-13(19)7-14(18)12-4-2-6-20-10-12/h1,3,5,12-14,19H,2,4,6-7,9-10H2. The lowest BCUT2D eigenvalue weighted by atomic mass is 9.91. The van der Waals surface area contributed by atoms with E-state index in [1.165, 1.54) is 0 Å². The van der Waals surface area contributed by atoms with Gasteiger partial charge in [0.1, 0.15) is 11.9 Å². The molecule has 0 aliphatic carbocycles. The Hall–Kier alpha value is -1.64. The monoisotopic (exact) mass is 273 g/mol. The number of anilines is 1. The lowest BCUT2D eigenvalue weighted by Gasteiger charge is -2.34. The van der Waals surface area contributed by atoms with E-state index in [4.69, 9.17) is 4.74 Å². The molecule has 20 heavy (non-hydrogen) atoms. The van der Waals surface area contributed by atoms with Crippen LogP contribution in [0, 0.1) is 17.2 Å². The fraction of sp³-hybridized carbons (Fsp3) is 0.600. The van der Waals surface area contributed by atoms with Gasteiger partial charge in [-0.2, -0.15) is 5.26 Å². The first-order valence-corrected chi connectivity index (χ1v) is 7.17.